The molecule has 0 saturated carbocycles. The number of aliphatic carboxylic acids is 1. The van der Waals surface area contributed by atoms with Crippen molar-refractivity contribution in [2.75, 3.05) is 18.0 Å². The number of hydrogen-bond acceptors (Lipinski definition) is 5. The quantitative estimate of drug-likeness (QED) is 0.855. The van der Waals surface area contributed by atoms with Crippen LogP contribution in [-0.2, 0) is 11.2 Å². The molecule has 1 aliphatic heterocycles. The highest BCUT2D eigenvalue weighted by Crippen LogP contribution is 2.36. The molecule has 116 valence electrons. The van der Waals surface area contributed by atoms with Crippen LogP contribution in [0.15, 0.2) is 12.4 Å². The number of hydrogen-bond donors (Lipinski definition) is 2. The van der Waals surface area contributed by atoms with Gasteiger partial charge in [-0.15, -0.1) is 0 Å². The minimum atomic E-state index is -1.13. The predicted molar refractivity (Wildman–Crippen MR) is 79.2 cm³/mol. The third-order valence-electron chi connectivity index (χ3n) is 4.29. The van der Waals surface area contributed by atoms with Crippen LogP contribution in [0.3, 0.4) is 0 Å². The van der Waals surface area contributed by atoms with Crippen molar-refractivity contribution in [3.63, 3.8) is 0 Å². The first-order valence-electron chi connectivity index (χ1n) is 7.50. The Morgan fingerprint density at radius 2 is 2.10 bits per heavy atom. The molecule has 21 heavy (non-hydrogen) atoms. The van der Waals surface area contributed by atoms with Gasteiger partial charge in [0, 0.05) is 25.5 Å². The third-order valence-corrected chi connectivity index (χ3v) is 4.29. The number of aryl methyl sites for hydroxylation is 1. The summed E-state index contributed by atoms with van der Waals surface area (Å²) in [4.78, 5) is 22.2. The first-order valence-corrected chi connectivity index (χ1v) is 7.50. The maximum Gasteiger partial charge on any atom is 0.314 e. The summed E-state index contributed by atoms with van der Waals surface area (Å²) < 4.78 is 0. The number of rotatable bonds is 5. The summed E-state index contributed by atoms with van der Waals surface area (Å²) >= 11 is 0. The largest absolute Gasteiger partial charge is 0.481 e. The topological polar surface area (TPSA) is 86.5 Å². The fourth-order valence-electron chi connectivity index (χ4n) is 2.95. The van der Waals surface area contributed by atoms with E-state index in [1.54, 1.807) is 12.4 Å². The van der Waals surface area contributed by atoms with Crippen molar-refractivity contribution in [3.8, 4) is 0 Å². The van der Waals surface area contributed by atoms with Crippen molar-refractivity contribution < 1.29 is 15.0 Å². The van der Waals surface area contributed by atoms with E-state index in [0.717, 1.165) is 12.0 Å². The Kier molecular flexibility index (Phi) is 4.77. The van der Waals surface area contributed by atoms with Crippen LogP contribution in [0, 0.1) is 5.41 Å². The molecule has 0 radical (unpaired) electrons. The van der Waals surface area contributed by atoms with Crippen LogP contribution in [-0.4, -0.2) is 45.3 Å². The second kappa shape index (κ2) is 6.39. The summed E-state index contributed by atoms with van der Waals surface area (Å²) in [5.41, 5.74) is -0.0753. The van der Waals surface area contributed by atoms with E-state index < -0.39 is 17.5 Å². The number of aliphatic hydroxyl groups is 1. The molecular formula is C15H23N3O3. The highest BCUT2D eigenvalue weighted by molar-refractivity contribution is 5.76. The molecule has 2 N–H and O–H groups in total. The highest BCUT2D eigenvalue weighted by atomic mass is 16.4. The van der Waals surface area contributed by atoms with Gasteiger partial charge in [-0.1, -0.05) is 20.3 Å². The van der Waals surface area contributed by atoms with Crippen molar-refractivity contribution >= 4 is 11.9 Å². The molecule has 2 heterocycles. The van der Waals surface area contributed by atoms with E-state index in [9.17, 15) is 15.0 Å². The molecule has 6 nitrogen and oxygen atoms in total. The molecule has 1 saturated heterocycles. The SMILES string of the molecule is CCC[C@]1(C(=O)O)CN(c2ncc(CC)cn2)CC[C@H]1O. The Morgan fingerprint density at radius 3 is 2.62 bits per heavy atom. The van der Waals surface area contributed by atoms with E-state index in [1.807, 2.05) is 18.7 Å². The van der Waals surface area contributed by atoms with E-state index in [0.29, 0.717) is 31.8 Å². The Hall–Kier alpha value is -1.69. The molecule has 1 aromatic rings. The molecule has 0 aromatic carbocycles. The monoisotopic (exact) mass is 293 g/mol. The van der Waals surface area contributed by atoms with Crippen LogP contribution in [0.25, 0.3) is 0 Å². The normalized spacial score (nSPS) is 25.9. The number of carboxylic acids is 1. The zero-order valence-corrected chi connectivity index (χ0v) is 12.6. The van der Waals surface area contributed by atoms with E-state index >= 15 is 0 Å². The molecule has 6 heteroatoms. The van der Waals surface area contributed by atoms with E-state index in [2.05, 4.69) is 9.97 Å². The first kappa shape index (κ1) is 15.7. The number of aromatic nitrogens is 2. The lowest BCUT2D eigenvalue weighted by atomic mass is 9.74. The summed E-state index contributed by atoms with van der Waals surface area (Å²) in [5, 5.41) is 19.8. The van der Waals surface area contributed by atoms with Crippen LogP contribution in [0.1, 0.15) is 38.7 Å². The van der Waals surface area contributed by atoms with E-state index in [4.69, 9.17) is 0 Å². The number of carbonyl (C=O) groups is 1. The summed E-state index contributed by atoms with van der Waals surface area (Å²) in [6, 6.07) is 0. The van der Waals surface area contributed by atoms with Crippen LogP contribution < -0.4 is 4.90 Å². The minimum Gasteiger partial charge on any atom is -0.481 e. The van der Waals surface area contributed by atoms with Crippen LogP contribution >= 0.6 is 0 Å². The molecule has 2 rings (SSSR count). The lowest BCUT2D eigenvalue weighted by Gasteiger charge is -2.43. The molecular weight excluding hydrogens is 270 g/mol. The highest BCUT2D eigenvalue weighted by Gasteiger charge is 2.48. The Balaban J connectivity index is 2.24. The molecule has 1 fully saturated rings. The zero-order chi connectivity index (χ0) is 15.5. The number of piperidine rings is 1. The molecule has 1 aliphatic rings. The van der Waals surface area contributed by atoms with Gasteiger partial charge in [0.15, 0.2) is 0 Å². The summed E-state index contributed by atoms with van der Waals surface area (Å²) in [6.07, 6.45) is 5.19. The van der Waals surface area contributed by atoms with Gasteiger partial charge in [-0.05, 0) is 24.8 Å². The number of carboxylic acid groups (broad SMARTS) is 1. The minimum absolute atomic E-state index is 0.253. The van der Waals surface area contributed by atoms with Gasteiger partial charge in [-0.3, -0.25) is 4.79 Å². The maximum atomic E-state index is 11.7. The van der Waals surface area contributed by atoms with Crippen LogP contribution in [0.2, 0.25) is 0 Å². The van der Waals surface area contributed by atoms with Gasteiger partial charge in [0.2, 0.25) is 5.95 Å². The summed E-state index contributed by atoms with van der Waals surface area (Å²) in [7, 11) is 0. The smallest absolute Gasteiger partial charge is 0.314 e. The average Bonchev–Trinajstić information content (AvgIpc) is 2.49. The van der Waals surface area contributed by atoms with Crippen LogP contribution in [0.4, 0.5) is 5.95 Å². The lowest BCUT2D eigenvalue weighted by Crippen LogP contribution is -2.56. The standard InChI is InChI=1S/C15H23N3O3/c1-3-6-15(13(20)21)10-18(7-5-12(15)19)14-16-8-11(4-2)9-17-14/h8-9,12,19H,3-7,10H2,1-2H3,(H,20,21)/t12-,15+/m1/s1. The average molecular weight is 293 g/mol. The van der Waals surface area contributed by atoms with Crippen LogP contribution in [0.5, 0.6) is 0 Å². The molecule has 0 spiro atoms. The molecule has 0 unspecified atom stereocenters. The van der Waals surface area contributed by atoms with Crippen molar-refractivity contribution in [2.45, 2.75) is 45.6 Å². The molecule has 2 atom stereocenters. The Labute approximate surface area is 124 Å². The van der Waals surface area contributed by atoms with Gasteiger partial charge in [0.05, 0.1) is 6.10 Å². The van der Waals surface area contributed by atoms with Gasteiger partial charge in [-0.25, -0.2) is 9.97 Å². The third kappa shape index (κ3) is 3.00. The summed E-state index contributed by atoms with van der Waals surface area (Å²) in [6.45, 7) is 4.80. The molecule has 1 aromatic heterocycles. The molecule has 0 aliphatic carbocycles. The lowest BCUT2D eigenvalue weighted by molar-refractivity contribution is -0.158. The number of anilines is 1. The fraction of sp³-hybridized carbons (Fsp3) is 0.667. The maximum absolute atomic E-state index is 11.7. The van der Waals surface area contributed by atoms with Gasteiger partial charge in [-0.2, -0.15) is 0 Å². The number of aliphatic hydroxyl groups excluding tert-OH is 1. The fourth-order valence-corrected chi connectivity index (χ4v) is 2.95. The summed E-state index contributed by atoms with van der Waals surface area (Å²) in [5.74, 6) is -0.396. The van der Waals surface area contributed by atoms with E-state index in [-0.39, 0.29) is 6.54 Å². The van der Waals surface area contributed by atoms with Crippen molar-refractivity contribution in [1.82, 2.24) is 9.97 Å². The van der Waals surface area contributed by atoms with Crippen molar-refractivity contribution in [3.05, 3.63) is 18.0 Å². The predicted octanol–water partition coefficient (Wildman–Crippen LogP) is 1.48. The van der Waals surface area contributed by atoms with Gasteiger partial charge < -0.3 is 15.1 Å². The second-order valence-corrected chi connectivity index (χ2v) is 5.68. The van der Waals surface area contributed by atoms with Gasteiger partial charge in [0.25, 0.3) is 0 Å². The Bertz CT molecular complexity index is 491. The van der Waals surface area contributed by atoms with Gasteiger partial charge >= 0.3 is 5.97 Å². The van der Waals surface area contributed by atoms with Gasteiger partial charge in [0.1, 0.15) is 5.41 Å². The van der Waals surface area contributed by atoms with Crippen molar-refractivity contribution in [1.29, 1.82) is 0 Å². The number of nitrogens with zero attached hydrogens (tertiary/aromatic N) is 3. The van der Waals surface area contributed by atoms with E-state index in [1.165, 1.54) is 0 Å². The molecule has 0 amide bonds. The second-order valence-electron chi connectivity index (χ2n) is 5.68. The van der Waals surface area contributed by atoms with Crippen molar-refractivity contribution in [2.24, 2.45) is 5.41 Å². The Morgan fingerprint density at radius 1 is 1.43 bits per heavy atom. The zero-order valence-electron chi connectivity index (χ0n) is 12.6. The molecule has 0 bridgehead atoms. The first-order chi connectivity index (χ1) is 10.0.